The van der Waals surface area contributed by atoms with Crippen LogP contribution in [0.3, 0.4) is 0 Å². The second kappa shape index (κ2) is 8.01. The van der Waals surface area contributed by atoms with Gasteiger partial charge in [-0.25, -0.2) is 4.79 Å². The molecule has 1 aliphatic rings. The van der Waals surface area contributed by atoms with Crippen LogP contribution in [-0.2, 0) is 11.3 Å². The van der Waals surface area contributed by atoms with Gasteiger partial charge in [-0.2, -0.15) is 0 Å². The van der Waals surface area contributed by atoms with Crippen molar-refractivity contribution in [3.63, 3.8) is 0 Å². The lowest BCUT2D eigenvalue weighted by Gasteiger charge is -2.24. The number of hydrogen-bond donors (Lipinski definition) is 2. The number of aryl methyl sites for hydroxylation is 1. The third kappa shape index (κ3) is 3.69. The van der Waals surface area contributed by atoms with Gasteiger partial charge >= 0.3 is 5.97 Å². The molecule has 28 heavy (non-hydrogen) atoms. The Morgan fingerprint density at radius 3 is 2.68 bits per heavy atom. The molecule has 2 aromatic carbocycles. The van der Waals surface area contributed by atoms with Crippen molar-refractivity contribution in [1.29, 1.82) is 0 Å². The number of aliphatic hydroxyl groups excluding tert-OH is 1. The molecule has 0 fully saturated rings. The first kappa shape index (κ1) is 20.5. The number of carbonyl (C=O) groups excluding carboxylic acids is 1. The van der Waals surface area contributed by atoms with Gasteiger partial charge in [0.1, 0.15) is 23.7 Å². The summed E-state index contributed by atoms with van der Waals surface area (Å²) in [4.78, 5) is 12.8. The summed E-state index contributed by atoms with van der Waals surface area (Å²) in [7, 11) is 1.43. The third-order valence-corrected chi connectivity index (χ3v) is 5.75. The molecule has 0 aromatic heterocycles. The van der Waals surface area contributed by atoms with Crippen LogP contribution in [0.15, 0.2) is 22.7 Å². The predicted molar refractivity (Wildman–Crippen MR) is 107 cm³/mol. The molecule has 0 spiro atoms. The molecule has 0 amide bonds. The summed E-state index contributed by atoms with van der Waals surface area (Å²) in [6.45, 7) is 5.75. The molecule has 7 heteroatoms. The van der Waals surface area contributed by atoms with E-state index in [2.05, 4.69) is 15.9 Å². The number of aromatic hydroxyl groups is 1. The van der Waals surface area contributed by atoms with Crippen molar-refractivity contribution in [2.24, 2.45) is 5.92 Å². The van der Waals surface area contributed by atoms with Crippen LogP contribution >= 0.6 is 15.9 Å². The molecule has 1 atom stereocenters. The van der Waals surface area contributed by atoms with E-state index in [1.807, 2.05) is 20.8 Å². The van der Waals surface area contributed by atoms with Gasteiger partial charge in [0, 0.05) is 10.0 Å². The number of cyclic esters (lactones) is 1. The normalized spacial score (nSPS) is 14.3. The van der Waals surface area contributed by atoms with Crippen LogP contribution in [0, 0.1) is 12.8 Å². The number of fused-ring (bicyclic) bond motifs is 2. The molecule has 2 aromatic rings. The molecule has 1 unspecified atom stereocenters. The van der Waals surface area contributed by atoms with Gasteiger partial charge in [0.05, 0.1) is 18.8 Å². The van der Waals surface area contributed by atoms with Crippen molar-refractivity contribution in [1.82, 2.24) is 0 Å². The summed E-state index contributed by atoms with van der Waals surface area (Å²) >= 11 is 3.46. The van der Waals surface area contributed by atoms with E-state index in [1.54, 1.807) is 18.2 Å². The van der Waals surface area contributed by atoms with Crippen LogP contribution < -0.4 is 9.47 Å². The highest BCUT2D eigenvalue weighted by Gasteiger charge is 2.30. The summed E-state index contributed by atoms with van der Waals surface area (Å²) in [5.74, 6) is 0.198. The van der Waals surface area contributed by atoms with Crippen molar-refractivity contribution < 1.29 is 29.2 Å². The number of esters is 1. The Kier molecular flexibility index (Phi) is 5.86. The Morgan fingerprint density at radius 1 is 1.32 bits per heavy atom. The number of ether oxygens (including phenoxy) is 3. The number of methoxy groups -OCH3 is 1. The van der Waals surface area contributed by atoms with Crippen LogP contribution in [0.2, 0.25) is 0 Å². The summed E-state index contributed by atoms with van der Waals surface area (Å²) in [6, 6.07) is 4.82. The molecule has 0 radical (unpaired) electrons. The van der Waals surface area contributed by atoms with E-state index in [9.17, 15) is 15.0 Å². The molecular formula is C21H23BrO6. The summed E-state index contributed by atoms with van der Waals surface area (Å²) in [5, 5.41) is 20.9. The lowest BCUT2D eigenvalue weighted by molar-refractivity contribution is 0.0453. The number of benzene rings is 2. The second-order valence-corrected chi connectivity index (χ2v) is 8.01. The topological polar surface area (TPSA) is 85.2 Å². The SMILES string of the molecule is COc1c(C(O)CC(C)C)ccc2c1C(=O)OCc1c(Br)c(C)cc(O)c1O2. The van der Waals surface area contributed by atoms with Crippen LogP contribution in [0.25, 0.3) is 0 Å². The second-order valence-electron chi connectivity index (χ2n) is 7.22. The van der Waals surface area contributed by atoms with Gasteiger partial charge in [-0.05, 0) is 59.0 Å². The van der Waals surface area contributed by atoms with Gasteiger partial charge in [-0.15, -0.1) is 0 Å². The van der Waals surface area contributed by atoms with Crippen molar-refractivity contribution >= 4 is 21.9 Å². The zero-order chi connectivity index (χ0) is 20.6. The minimum Gasteiger partial charge on any atom is -0.504 e. The van der Waals surface area contributed by atoms with Crippen LogP contribution in [0.5, 0.6) is 23.0 Å². The Hall–Kier alpha value is -2.25. The maximum absolute atomic E-state index is 12.8. The van der Waals surface area contributed by atoms with Gasteiger partial charge < -0.3 is 24.4 Å². The maximum Gasteiger partial charge on any atom is 0.346 e. The third-order valence-electron chi connectivity index (χ3n) is 4.64. The minimum absolute atomic E-state index is 0.0533. The number of halogens is 1. The molecular weight excluding hydrogens is 428 g/mol. The van der Waals surface area contributed by atoms with Crippen molar-refractivity contribution in [2.75, 3.05) is 7.11 Å². The van der Waals surface area contributed by atoms with Crippen molar-refractivity contribution in [2.45, 2.75) is 39.9 Å². The average Bonchev–Trinajstić information content (AvgIpc) is 2.62. The lowest BCUT2D eigenvalue weighted by Crippen LogP contribution is -2.15. The molecule has 1 aliphatic heterocycles. The molecule has 150 valence electrons. The highest BCUT2D eigenvalue weighted by Crippen LogP contribution is 2.46. The molecule has 1 heterocycles. The number of aliphatic hydroxyl groups is 1. The monoisotopic (exact) mass is 450 g/mol. The predicted octanol–water partition coefficient (Wildman–Crippen LogP) is 5.01. The number of hydrogen-bond acceptors (Lipinski definition) is 6. The van der Waals surface area contributed by atoms with E-state index in [0.717, 1.165) is 5.56 Å². The molecule has 3 rings (SSSR count). The van der Waals surface area contributed by atoms with Gasteiger partial charge in [0.2, 0.25) is 0 Å². The standard InChI is InChI=1S/C21H23BrO6/c1-10(2)7-14(23)12-5-6-16-17(20(12)26-4)21(25)27-9-13-18(22)11(3)8-15(24)19(13)28-16/h5-6,8,10,14,23-24H,7,9H2,1-4H3. The van der Waals surface area contributed by atoms with Crippen molar-refractivity contribution in [3.8, 4) is 23.0 Å². The first-order valence-corrected chi connectivity index (χ1v) is 9.78. The number of phenolic OH excluding ortho intramolecular Hbond substituents is 1. The Balaban J connectivity index is 2.16. The summed E-state index contributed by atoms with van der Waals surface area (Å²) in [6.07, 6.45) is -0.281. The zero-order valence-corrected chi connectivity index (χ0v) is 17.8. The van der Waals surface area contributed by atoms with Crippen LogP contribution in [-0.4, -0.2) is 23.3 Å². The van der Waals surface area contributed by atoms with E-state index in [-0.39, 0.29) is 41.1 Å². The first-order chi connectivity index (χ1) is 13.2. The van der Waals surface area contributed by atoms with Gasteiger partial charge in [-0.1, -0.05) is 13.8 Å². The van der Waals surface area contributed by atoms with Gasteiger partial charge in [0.15, 0.2) is 11.5 Å². The average molecular weight is 451 g/mol. The fourth-order valence-corrected chi connectivity index (χ4v) is 3.71. The largest absolute Gasteiger partial charge is 0.504 e. The van der Waals surface area contributed by atoms with Crippen molar-refractivity contribution in [3.05, 3.63) is 44.9 Å². The number of carbonyl (C=O) groups is 1. The number of phenols is 1. The molecule has 0 aliphatic carbocycles. The van der Waals surface area contributed by atoms with E-state index >= 15 is 0 Å². The summed E-state index contributed by atoms with van der Waals surface area (Å²) < 4.78 is 17.6. The minimum atomic E-state index is -0.795. The van der Waals surface area contributed by atoms with E-state index in [4.69, 9.17) is 14.2 Å². The smallest absolute Gasteiger partial charge is 0.346 e. The summed E-state index contributed by atoms with van der Waals surface area (Å²) in [5.41, 5.74) is 1.91. The fourth-order valence-electron chi connectivity index (χ4n) is 3.30. The highest BCUT2D eigenvalue weighted by atomic mass is 79.9. The van der Waals surface area contributed by atoms with E-state index in [1.165, 1.54) is 7.11 Å². The quantitative estimate of drug-likeness (QED) is 0.636. The first-order valence-electron chi connectivity index (χ1n) is 8.99. The molecule has 0 bridgehead atoms. The van der Waals surface area contributed by atoms with Gasteiger partial charge in [0.25, 0.3) is 0 Å². The maximum atomic E-state index is 12.8. The van der Waals surface area contributed by atoms with Crippen LogP contribution in [0.4, 0.5) is 0 Å². The molecule has 6 nitrogen and oxygen atoms in total. The molecule has 0 saturated carbocycles. The molecule has 2 N–H and O–H groups in total. The van der Waals surface area contributed by atoms with E-state index < -0.39 is 12.1 Å². The number of rotatable bonds is 4. The van der Waals surface area contributed by atoms with E-state index in [0.29, 0.717) is 22.0 Å². The Bertz CT molecular complexity index is 922. The molecule has 0 saturated heterocycles. The lowest BCUT2D eigenvalue weighted by atomic mass is 9.96. The van der Waals surface area contributed by atoms with Gasteiger partial charge in [-0.3, -0.25) is 0 Å². The zero-order valence-electron chi connectivity index (χ0n) is 16.2. The highest BCUT2D eigenvalue weighted by molar-refractivity contribution is 9.10. The van der Waals surface area contributed by atoms with Crippen LogP contribution in [0.1, 0.15) is 53.4 Å². The Morgan fingerprint density at radius 2 is 2.04 bits per heavy atom. The fraction of sp³-hybridized carbons (Fsp3) is 0.381. The Labute approximate surface area is 172 Å².